The minimum absolute atomic E-state index is 0.193. The molecule has 2 nitrogen and oxygen atoms in total. The molecule has 0 amide bonds. The van der Waals surface area contributed by atoms with Crippen molar-refractivity contribution in [3.8, 4) is 5.75 Å². The van der Waals surface area contributed by atoms with E-state index in [0.717, 1.165) is 0 Å². The first-order valence-electron chi connectivity index (χ1n) is 5.97. The zero-order valence-corrected chi connectivity index (χ0v) is 11.2. The highest BCUT2D eigenvalue weighted by atomic mass is 35.5. The molecule has 4 heteroatoms. The van der Waals surface area contributed by atoms with Gasteiger partial charge in [0.15, 0.2) is 0 Å². The van der Waals surface area contributed by atoms with Crippen LogP contribution in [0.1, 0.15) is 24.2 Å². The standard InChI is InChI=1S/C15H14ClFO2/c1-2-19-12-5-3-4-10(8-12)15(18)13-7-6-11(16)9-14(13)17/h3-9,15,18H,2H2,1H3. The van der Waals surface area contributed by atoms with Gasteiger partial charge < -0.3 is 9.84 Å². The molecule has 0 aromatic heterocycles. The second kappa shape index (κ2) is 6.04. The van der Waals surface area contributed by atoms with Crippen molar-refractivity contribution in [2.75, 3.05) is 6.61 Å². The Hall–Kier alpha value is -1.58. The maximum atomic E-state index is 13.8. The van der Waals surface area contributed by atoms with Gasteiger partial charge in [0, 0.05) is 10.6 Å². The van der Waals surface area contributed by atoms with E-state index in [0.29, 0.717) is 22.9 Å². The van der Waals surface area contributed by atoms with Crippen LogP contribution in [0.4, 0.5) is 4.39 Å². The van der Waals surface area contributed by atoms with E-state index in [-0.39, 0.29) is 5.56 Å². The Kier molecular flexibility index (Phi) is 4.40. The summed E-state index contributed by atoms with van der Waals surface area (Å²) in [6.45, 7) is 2.41. The van der Waals surface area contributed by atoms with Gasteiger partial charge in [-0.2, -0.15) is 0 Å². The summed E-state index contributed by atoms with van der Waals surface area (Å²) in [4.78, 5) is 0. The first-order valence-corrected chi connectivity index (χ1v) is 6.35. The van der Waals surface area contributed by atoms with Gasteiger partial charge in [0.05, 0.1) is 6.61 Å². The molecular weight excluding hydrogens is 267 g/mol. The topological polar surface area (TPSA) is 29.5 Å². The summed E-state index contributed by atoms with van der Waals surface area (Å²) in [5, 5.41) is 10.5. The Balaban J connectivity index is 2.32. The highest BCUT2D eigenvalue weighted by Gasteiger charge is 2.15. The van der Waals surface area contributed by atoms with E-state index in [9.17, 15) is 9.50 Å². The molecule has 0 saturated carbocycles. The van der Waals surface area contributed by atoms with Gasteiger partial charge in [-0.05, 0) is 36.8 Å². The van der Waals surface area contributed by atoms with Gasteiger partial charge >= 0.3 is 0 Å². The van der Waals surface area contributed by atoms with Gasteiger partial charge in [0.1, 0.15) is 17.7 Å². The fraction of sp³-hybridized carbons (Fsp3) is 0.200. The smallest absolute Gasteiger partial charge is 0.130 e. The molecule has 1 unspecified atom stereocenters. The quantitative estimate of drug-likeness (QED) is 0.918. The molecule has 100 valence electrons. The van der Waals surface area contributed by atoms with Gasteiger partial charge in [-0.3, -0.25) is 0 Å². The van der Waals surface area contributed by atoms with Crippen molar-refractivity contribution in [3.63, 3.8) is 0 Å². The molecule has 0 aliphatic carbocycles. The summed E-state index contributed by atoms with van der Waals surface area (Å²) in [7, 11) is 0. The minimum atomic E-state index is -1.04. The van der Waals surface area contributed by atoms with E-state index < -0.39 is 11.9 Å². The number of ether oxygens (including phenoxy) is 1. The average molecular weight is 281 g/mol. The summed E-state index contributed by atoms with van der Waals surface area (Å²) >= 11 is 5.69. The summed E-state index contributed by atoms with van der Waals surface area (Å²) in [5.74, 6) is 0.121. The Morgan fingerprint density at radius 3 is 2.74 bits per heavy atom. The number of rotatable bonds is 4. The lowest BCUT2D eigenvalue weighted by Gasteiger charge is -2.14. The zero-order valence-electron chi connectivity index (χ0n) is 10.4. The normalized spacial score (nSPS) is 12.2. The van der Waals surface area contributed by atoms with Crippen LogP contribution in [0.3, 0.4) is 0 Å². The predicted molar refractivity (Wildman–Crippen MR) is 73.1 cm³/mol. The van der Waals surface area contributed by atoms with Crippen molar-refractivity contribution in [1.29, 1.82) is 0 Å². The molecule has 0 radical (unpaired) electrons. The summed E-state index contributed by atoms with van der Waals surface area (Å²) in [6.07, 6.45) is -1.04. The minimum Gasteiger partial charge on any atom is -0.494 e. The average Bonchev–Trinajstić information content (AvgIpc) is 2.39. The van der Waals surface area contributed by atoms with Gasteiger partial charge in [0.25, 0.3) is 0 Å². The van der Waals surface area contributed by atoms with E-state index in [1.54, 1.807) is 30.3 Å². The number of hydrogen-bond donors (Lipinski definition) is 1. The summed E-state index contributed by atoms with van der Waals surface area (Å²) < 4.78 is 19.1. The van der Waals surface area contributed by atoms with Gasteiger partial charge in [-0.25, -0.2) is 4.39 Å². The van der Waals surface area contributed by atoms with Crippen molar-refractivity contribution in [1.82, 2.24) is 0 Å². The number of hydrogen-bond acceptors (Lipinski definition) is 2. The van der Waals surface area contributed by atoms with Crippen LogP contribution in [0.5, 0.6) is 5.75 Å². The molecular formula is C15H14ClFO2. The molecule has 19 heavy (non-hydrogen) atoms. The number of aliphatic hydroxyl groups is 1. The summed E-state index contributed by atoms with van der Waals surface area (Å²) in [6, 6.07) is 11.2. The van der Waals surface area contributed by atoms with E-state index in [1.807, 2.05) is 6.92 Å². The molecule has 0 heterocycles. The molecule has 0 bridgehead atoms. The third-order valence-corrected chi connectivity index (χ3v) is 2.98. The first-order chi connectivity index (χ1) is 9.11. The third kappa shape index (κ3) is 3.25. The van der Waals surface area contributed by atoms with E-state index in [4.69, 9.17) is 16.3 Å². The van der Waals surface area contributed by atoms with E-state index in [1.165, 1.54) is 12.1 Å². The maximum Gasteiger partial charge on any atom is 0.130 e. The maximum absolute atomic E-state index is 13.8. The van der Waals surface area contributed by atoms with Crippen molar-refractivity contribution < 1.29 is 14.2 Å². The molecule has 1 atom stereocenters. The third-order valence-electron chi connectivity index (χ3n) is 2.74. The second-order valence-corrected chi connectivity index (χ2v) is 4.51. The van der Waals surface area contributed by atoms with Crippen molar-refractivity contribution in [2.45, 2.75) is 13.0 Å². The molecule has 1 N–H and O–H groups in total. The molecule has 0 aliphatic rings. The Morgan fingerprint density at radius 1 is 1.26 bits per heavy atom. The first kappa shape index (κ1) is 13.8. The molecule has 2 aromatic rings. The van der Waals surface area contributed by atoms with Gasteiger partial charge in [-0.1, -0.05) is 29.8 Å². The highest BCUT2D eigenvalue weighted by Crippen LogP contribution is 2.28. The van der Waals surface area contributed by atoms with Crippen molar-refractivity contribution in [2.24, 2.45) is 0 Å². The zero-order chi connectivity index (χ0) is 13.8. The van der Waals surface area contributed by atoms with Crippen LogP contribution >= 0.6 is 11.6 Å². The fourth-order valence-corrected chi connectivity index (χ4v) is 2.00. The van der Waals surface area contributed by atoms with E-state index >= 15 is 0 Å². The fourth-order valence-electron chi connectivity index (χ4n) is 1.84. The number of halogens is 2. The number of benzene rings is 2. The molecule has 0 saturated heterocycles. The lowest BCUT2D eigenvalue weighted by molar-refractivity contribution is 0.214. The van der Waals surface area contributed by atoms with Crippen LogP contribution in [0, 0.1) is 5.82 Å². The Morgan fingerprint density at radius 2 is 2.05 bits per heavy atom. The second-order valence-electron chi connectivity index (χ2n) is 4.07. The number of aliphatic hydroxyl groups excluding tert-OH is 1. The van der Waals surface area contributed by atoms with Crippen LogP contribution in [-0.4, -0.2) is 11.7 Å². The van der Waals surface area contributed by atoms with Crippen LogP contribution in [0.15, 0.2) is 42.5 Å². The van der Waals surface area contributed by atoms with Crippen LogP contribution in [-0.2, 0) is 0 Å². The molecule has 0 spiro atoms. The Bertz CT molecular complexity index is 572. The molecule has 2 aromatic carbocycles. The largest absolute Gasteiger partial charge is 0.494 e. The Labute approximate surface area is 116 Å². The predicted octanol–water partition coefficient (Wildman–Crippen LogP) is 3.96. The van der Waals surface area contributed by atoms with Crippen LogP contribution in [0.2, 0.25) is 5.02 Å². The van der Waals surface area contributed by atoms with Crippen LogP contribution < -0.4 is 4.74 Å². The van der Waals surface area contributed by atoms with E-state index in [2.05, 4.69) is 0 Å². The lowest BCUT2D eigenvalue weighted by Crippen LogP contribution is -2.03. The van der Waals surface area contributed by atoms with Gasteiger partial charge in [0.2, 0.25) is 0 Å². The van der Waals surface area contributed by atoms with Gasteiger partial charge in [-0.15, -0.1) is 0 Å². The molecule has 0 aliphatic heterocycles. The summed E-state index contributed by atoms with van der Waals surface area (Å²) in [5.41, 5.74) is 0.769. The lowest BCUT2D eigenvalue weighted by atomic mass is 10.0. The van der Waals surface area contributed by atoms with Crippen molar-refractivity contribution >= 4 is 11.6 Å². The monoisotopic (exact) mass is 280 g/mol. The molecule has 2 rings (SSSR count). The molecule has 0 fully saturated rings. The SMILES string of the molecule is CCOc1cccc(C(O)c2ccc(Cl)cc2F)c1. The van der Waals surface area contributed by atoms with Crippen LogP contribution in [0.25, 0.3) is 0 Å². The highest BCUT2D eigenvalue weighted by molar-refractivity contribution is 6.30. The van der Waals surface area contributed by atoms with Crippen molar-refractivity contribution in [3.05, 3.63) is 64.4 Å².